The Balaban J connectivity index is 1.43. The fraction of sp³-hybridized carbons (Fsp3) is 0.318. The molecule has 0 saturated carbocycles. The number of nitrogens with one attached hydrogen (secondary N) is 1. The molecule has 2 amide bonds. The number of nitrogens with two attached hydrogens (primary N) is 1. The van der Waals surface area contributed by atoms with Gasteiger partial charge in [-0.3, -0.25) is 14.4 Å². The summed E-state index contributed by atoms with van der Waals surface area (Å²) < 4.78 is 5.57. The third-order valence-corrected chi connectivity index (χ3v) is 4.91. The van der Waals surface area contributed by atoms with Crippen molar-refractivity contribution in [3.8, 4) is 5.75 Å². The molecule has 1 heterocycles. The summed E-state index contributed by atoms with van der Waals surface area (Å²) in [6.07, 6.45) is -0.954. The molecule has 4 N–H and O–H groups in total. The van der Waals surface area contributed by atoms with Gasteiger partial charge in [-0.2, -0.15) is 0 Å². The van der Waals surface area contributed by atoms with Crippen LogP contribution in [0.5, 0.6) is 5.75 Å². The highest BCUT2D eigenvalue weighted by Crippen LogP contribution is 2.14. The fourth-order valence-electron chi connectivity index (χ4n) is 3.17. The highest BCUT2D eigenvalue weighted by Gasteiger charge is 2.31. The number of aliphatic hydroxyl groups is 1. The molecule has 0 bridgehead atoms. The number of benzene rings is 2. The van der Waals surface area contributed by atoms with Crippen LogP contribution in [0.1, 0.15) is 27.9 Å². The standard InChI is InChI=1S/C22H25N3O5/c23-11-16-3-1-2-4-18(16)22(29)24-12-15-5-7-17(8-6-15)30-10-9-21(28)25-13-19(26)20(27)14-25/h1-8,19,26H,9-14,23H2,(H,24,29). The largest absolute Gasteiger partial charge is 0.493 e. The van der Waals surface area contributed by atoms with E-state index in [1.165, 1.54) is 4.90 Å². The second kappa shape index (κ2) is 10.00. The zero-order valence-corrected chi connectivity index (χ0v) is 16.5. The molecular weight excluding hydrogens is 386 g/mol. The first-order valence-corrected chi connectivity index (χ1v) is 9.74. The first-order chi connectivity index (χ1) is 14.5. The third kappa shape index (κ3) is 5.43. The van der Waals surface area contributed by atoms with Gasteiger partial charge in [0.1, 0.15) is 11.9 Å². The number of hydrogen-bond donors (Lipinski definition) is 3. The van der Waals surface area contributed by atoms with Gasteiger partial charge in [0.15, 0.2) is 5.78 Å². The van der Waals surface area contributed by atoms with Gasteiger partial charge in [0.05, 0.1) is 26.1 Å². The van der Waals surface area contributed by atoms with Gasteiger partial charge in [0, 0.05) is 18.7 Å². The average molecular weight is 411 g/mol. The first kappa shape index (κ1) is 21.5. The number of ether oxygens (including phenoxy) is 1. The van der Waals surface area contributed by atoms with Crippen LogP contribution < -0.4 is 15.8 Å². The molecule has 2 aromatic rings. The van der Waals surface area contributed by atoms with Gasteiger partial charge < -0.3 is 25.8 Å². The fourth-order valence-corrected chi connectivity index (χ4v) is 3.17. The molecule has 1 aliphatic rings. The number of Topliss-reactive ketones (excluding diaryl/α,β-unsaturated/α-hetero) is 1. The van der Waals surface area contributed by atoms with E-state index in [2.05, 4.69) is 5.32 Å². The minimum atomic E-state index is -1.08. The van der Waals surface area contributed by atoms with E-state index in [0.717, 1.165) is 11.1 Å². The summed E-state index contributed by atoms with van der Waals surface area (Å²) >= 11 is 0. The summed E-state index contributed by atoms with van der Waals surface area (Å²) in [5.41, 5.74) is 7.94. The number of carbonyl (C=O) groups is 3. The Morgan fingerprint density at radius 3 is 2.57 bits per heavy atom. The Bertz CT molecular complexity index is 913. The number of carbonyl (C=O) groups excluding carboxylic acids is 3. The number of amides is 2. The SMILES string of the molecule is NCc1ccccc1C(=O)NCc1ccc(OCCC(=O)N2CC(=O)C(O)C2)cc1. The quantitative estimate of drug-likeness (QED) is 0.585. The molecule has 8 nitrogen and oxygen atoms in total. The monoisotopic (exact) mass is 411 g/mol. The van der Waals surface area contributed by atoms with Crippen molar-refractivity contribution in [3.05, 3.63) is 65.2 Å². The van der Waals surface area contributed by atoms with Gasteiger partial charge in [-0.05, 0) is 29.3 Å². The van der Waals surface area contributed by atoms with E-state index in [4.69, 9.17) is 10.5 Å². The number of ketones is 1. The van der Waals surface area contributed by atoms with E-state index in [0.29, 0.717) is 24.4 Å². The van der Waals surface area contributed by atoms with Crippen molar-refractivity contribution in [2.24, 2.45) is 5.73 Å². The van der Waals surface area contributed by atoms with E-state index in [-0.39, 0.29) is 43.7 Å². The van der Waals surface area contributed by atoms with Gasteiger partial charge >= 0.3 is 0 Å². The first-order valence-electron chi connectivity index (χ1n) is 9.74. The van der Waals surface area contributed by atoms with Crippen LogP contribution in [0.15, 0.2) is 48.5 Å². The number of aliphatic hydroxyl groups excluding tert-OH is 1. The maximum Gasteiger partial charge on any atom is 0.251 e. The molecular formula is C22H25N3O5. The van der Waals surface area contributed by atoms with E-state index >= 15 is 0 Å². The molecule has 3 rings (SSSR count). The van der Waals surface area contributed by atoms with Crippen molar-refractivity contribution < 1.29 is 24.2 Å². The highest BCUT2D eigenvalue weighted by atomic mass is 16.5. The van der Waals surface area contributed by atoms with Gasteiger partial charge in [-0.25, -0.2) is 0 Å². The molecule has 1 fully saturated rings. The summed E-state index contributed by atoms with van der Waals surface area (Å²) in [5, 5.41) is 12.3. The Morgan fingerprint density at radius 1 is 1.17 bits per heavy atom. The third-order valence-electron chi connectivity index (χ3n) is 4.91. The Hall–Kier alpha value is -3.23. The van der Waals surface area contributed by atoms with Crippen molar-refractivity contribution in [1.82, 2.24) is 10.2 Å². The number of nitrogens with zero attached hydrogens (tertiary/aromatic N) is 1. The summed E-state index contributed by atoms with van der Waals surface area (Å²) in [7, 11) is 0. The van der Waals surface area contributed by atoms with Crippen LogP contribution in [0.3, 0.4) is 0 Å². The Morgan fingerprint density at radius 2 is 1.90 bits per heavy atom. The maximum absolute atomic E-state index is 12.4. The highest BCUT2D eigenvalue weighted by molar-refractivity contribution is 5.95. The number of β-amino-alcohol motifs (C(OH)–C–C–N with tert-alkyl or cyclic N) is 1. The van der Waals surface area contributed by atoms with E-state index < -0.39 is 6.10 Å². The van der Waals surface area contributed by atoms with Gasteiger partial charge in [-0.15, -0.1) is 0 Å². The van der Waals surface area contributed by atoms with Crippen molar-refractivity contribution in [2.45, 2.75) is 25.6 Å². The molecule has 1 aliphatic heterocycles. The summed E-state index contributed by atoms with van der Waals surface area (Å²) in [4.78, 5) is 37.0. The van der Waals surface area contributed by atoms with Crippen molar-refractivity contribution in [3.63, 3.8) is 0 Å². The Kier molecular flexibility index (Phi) is 7.16. The molecule has 1 unspecified atom stereocenters. The lowest BCUT2D eigenvalue weighted by molar-refractivity contribution is -0.132. The lowest BCUT2D eigenvalue weighted by Gasteiger charge is -2.14. The van der Waals surface area contributed by atoms with Crippen LogP contribution in [0.4, 0.5) is 0 Å². The minimum Gasteiger partial charge on any atom is -0.493 e. The van der Waals surface area contributed by atoms with Crippen LogP contribution in [0, 0.1) is 0 Å². The molecule has 0 spiro atoms. The van der Waals surface area contributed by atoms with Crippen LogP contribution in [0.25, 0.3) is 0 Å². The molecule has 158 valence electrons. The molecule has 0 aromatic heterocycles. The topological polar surface area (TPSA) is 122 Å². The number of likely N-dealkylation sites (tertiary alicyclic amines) is 1. The molecule has 2 aromatic carbocycles. The molecule has 30 heavy (non-hydrogen) atoms. The zero-order chi connectivity index (χ0) is 21.5. The zero-order valence-electron chi connectivity index (χ0n) is 16.5. The number of rotatable bonds is 8. The molecule has 8 heteroatoms. The normalized spacial score (nSPS) is 15.9. The van der Waals surface area contributed by atoms with E-state index in [9.17, 15) is 19.5 Å². The Labute approximate surface area is 174 Å². The van der Waals surface area contributed by atoms with Crippen LogP contribution >= 0.6 is 0 Å². The predicted octanol–water partition coefficient (Wildman–Crippen LogP) is 0.616. The van der Waals surface area contributed by atoms with Gasteiger partial charge in [0.2, 0.25) is 5.91 Å². The second-order valence-corrected chi connectivity index (χ2v) is 7.04. The van der Waals surface area contributed by atoms with Gasteiger partial charge in [-0.1, -0.05) is 30.3 Å². The smallest absolute Gasteiger partial charge is 0.251 e. The minimum absolute atomic E-state index is 0.0455. The lowest BCUT2D eigenvalue weighted by atomic mass is 10.1. The second-order valence-electron chi connectivity index (χ2n) is 7.04. The van der Waals surface area contributed by atoms with E-state index in [1.54, 1.807) is 24.3 Å². The van der Waals surface area contributed by atoms with E-state index in [1.807, 2.05) is 24.3 Å². The van der Waals surface area contributed by atoms with Crippen LogP contribution in [-0.4, -0.2) is 53.4 Å². The van der Waals surface area contributed by atoms with Crippen LogP contribution in [0.2, 0.25) is 0 Å². The van der Waals surface area contributed by atoms with Crippen molar-refractivity contribution in [2.75, 3.05) is 19.7 Å². The predicted molar refractivity (Wildman–Crippen MR) is 110 cm³/mol. The summed E-state index contributed by atoms with van der Waals surface area (Å²) in [6.45, 7) is 0.837. The van der Waals surface area contributed by atoms with Gasteiger partial charge in [0.25, 0.3) is 5.91 Å². The summed E-state index contributed by atoms with van der Waals surface area (Å²) in [5.74, 6) is -0.139. The van der Waals surface area contributed by atoms with Crippen molar-refractivity contribution >= 4 is 17.6 Å². The molecule has 1 saturated heterocycles. The average Bonchev–Trinajstić information content (AvgIpc) is 3.11. The lowest BCUT2D eigenvalue weighted by Crippen LogP contribution is -2.30. The van der Waals surface area contributed by atoms with Crippen LogP contribution in [-0.2, 0) is 22.7 Å². The van der Waals surface area contributed by atoms with Crippen molar-refractivity contribution in [1.29, 1.82) is 0 Å². The molecule has 0 aliphatic carbocycles. The molecule has 1 atom stereocenters. The summed E-state index contributed by atoms with van der Waals surface area (Å²) in [6, 6.07) is 14.4. The maximum atomic E-state index is 12.4. The molecule has 0 radical (unpaired) electrons. The number of hydrogen-bond acceptors (Lipinski definition) is 6.